The monoisotopic (exact) mass is 319 g/mol. The van der Waals surface area contributed by atoms with Crippen molar-refractivity contribution in [3.8, 4) is 5.75 Å². The van der Waals surface area contributed by atoms with E-state index in [4.69, 9.17) is 4.74 Å². The number of hydrogen-bond acceptors (Lipinski definition) is 5. The predicted molar refractivity (Wildman–Crippen MR) is 85.1 cm³/mol. The summed E-state index contributed by atoms with van der Waals surface area (Å²) in [6.45, 7) is 3.33. The van der Waals surface area contributed by atoms with Crippen molar-refractivity contribution < 1.29 is 19.1 Å². The summed E-state index contributed by atoms with van der Waals surface area (Å²) < 4.78 is 5.14. The van der Waals surface area contributed by atoms with Gasteiger partial charge in [0, 0.05) is 5.92 Å². The first-order valence-electron chi connectivity index (χ1n) is 7.53. The number of anilines is 1. The average molecular weight is 319 g/mol. The van der Waals surface area contributed by atoms with Crippen molar-refractivity contribution in [2.24, 2.45) is 5.92 Å². The van der Waals surface area contributed by atoms with E-state index in [-0.39, 0.29) is 5.92 Å². The van der Waals surface area contributed by atoms with Crippen LogP contribution in [0.5, 0.6) is 5.75 Å². The van der Waals surface area contributed by atoms with Gasteiger partial charge in [0.25, 0.3) is 0 Å². The van der Waals surface area contributed by atoms with Gasteiger partial charge in [0.2, 0.25) is 5.91 Å². The third kappa shape index (κ3) is 4.53. The van der Waals surface area contributed by atoms with Gasteiger partial charge in [-0.2, -0.15) is 0 Å². The van der Waals surface area contributed by atoms with E-state index >= 15 is 0 Å². The summed E-state index contributed by atoms with van der Waals surface area (Å²) in [5, 5.41) is 7.77. The highest BCUT2D eigenvalue weighted by atomic mass is 16.5. The van der Waals surface area contributed by atoms with Crippen LogP contribution in [0.2, 0.25) is 0 Å². The number of amides is 3. The highest BCUT2D eigenvalue weighted by Crippen LogP contribution is 2.25. The van der Waals surface area contributed by atoms with Crippen molar-refractivity contribution in [3.63, 3.8) is 0 Å². The molecule has 0 unspecified atom stereocenters. The molecule has 3 N–H and O–H groups in total. The summed E-state index contributed by atoms with van der Waals surface area (Å²) in [6, 6.07) is 5.22. The second-order valence-electron chi connectivity index (χ2n) is 5.50. The minimum atomic E-state index is -0.961. The molecule has 3 amide bonds. The average Bonchev–Trinajstić information content (AvgIpc) is 2.55. The molecule has 23 heavy (non-hydrogen) atoms. The van der Waals surface area contributed by atoms with E-state index in [1.54, 1.807) is 12.1 Å². The lowest BCUT2D eigenvalue weighted by Crippen LogP contribution is -2.44. The van der Waals surface area contributed by atoms with E-state index in [1.807, 2.05) is 13.0 Å². The van der Waals surface area contributed by atoms with Crippen LogP contribution in [-0.2, 0) is 14.4 Å². The molecule has 1 aromatic carbocycles. The molecule has 0 aromatic heterocycles. The number of aryl methyl sites for hydroxylation is 1. The third-order valence-corrected chi connectivity index (χ3v) is 3.76. The number of hydrogen-bond donors (Lipinski definition) is 3. The maximum absolute atomic E-state index is 12.0. The van der Waals surface area contributed by atoms with Gasteiger partial charge in [-0.25, -0.2) is 0 Å². The van der Waals surface area contributed by atoms with E-state index < -0.39 is 17.7 Å². The quantitative estimate of drug-likeness (QED) is 0.708. The highest BCUT2D eigenvalue weighted by molar-refractivity contribution is 6.42. The van der Waals surface area contributed by atoms with E-state index in [0.717, 1.165) is 18.7 Å². The summed E-state index contributed by atoms with van der Waals surface area (Å²) in [4.78, 5) is 35.8. The Morgan fingerprint density at radius 2 is 1.87 bits per heavy atom. The Bertz CT molecular complexity index is 609. The summed E-state index contributed by atoms with van der Waals surface area (Å²) >= 11 is 0. The van der Waals surface area contributed by atoms with Crippen molar-refractivity contribution in [1.82, 2.24) is 10.6 Å². The Labute approximate surface area is 134 Å². The van der Waals surface area contributed by atoms with Gasteiger partial charge in [-0.05, 0) is 50.6 Å². The molecule has 7 heteroatoms. The van der Waals surface area contributed by atoms with E-state index in [0.29, 0.717) is 24.3 Å². The van der Waals surface area contributed by atoms with Crippen LogP contribution in [0.25, 0.3) is 0 Å². The molecule has 0 aliphatic carbocycles. The zero-order valence-electron chi connectivity index (χ0n) is 13.3. The minimum absolute atomic E-state index is 0.235. The lowest BCUT2D eigenvalue weighted by Gasteiger charge is -2.21. The van der Waals surface area contributed by atoms with Gasteiger partial charge in [-0.15, -0.1) is 0 Å². The van der Waals surface area contributed by atoms with Crippen LogP contribution in [0.1, 0.15) is 18.4 Å². The topological polar surface area (TPSA) is 96.5 Å². The van der Waals surface area contributed by atoms with Crippen LogP contribution >= 0.6 is 0 Å². The fourth-order valence-corrected chi connectivity index (χ4v) is 2.45. The number of rotatable bonds is 3. The van der Waals surface area contributed by atoms with Gasteiger partial charge in [-0.3, -0.25) is 19.7 Å². The molecular formula is C16H21N3O4. The molecule has 1 fully saturated rings. The van der Waals surface area contributed by atoms with E-state index in [1.165, 1.54) is 7.11 Å². The Morgan fingerprint density at radius 3 is 2.52 bits per heavy atom. The molecule has 1 aromatic rings. The zero-order chi connectivity index (χ0) is 16.8. The molecule has 0 saturated carbocycles. The van der Waals surface area contributed by atoms with Crippen LogP contribution in [0.15, 0.2) is 18.2 Å². The third-order valence-electron chi connectivity index (χ3n) is 3.76. The number of methoxy groups -OCH3 is 1. The maximum Gasteiger partial charge on any atom is 0.316 e. The summed E-state index contributed by atoms with van der Waals surface area (Å²) in [6.07, 6.45) is 1.32. The fourth-order valence-electron chi connectivity index (χ4n) is 2.45. The molecule has 0 bridgehead atoms. The SMILES string of the molecule is COc1ccc(C)cc1NC(=O)C(=O)NC(=O)C1CCNCC1. The number of carbonyl (C=O) groups excluding carboxylic acids is 3. The van der Waals surface area contributed by atoms with Crippen molar-refractivity contribution in [2.75, 3.05) is 25.5 Å². The van der Waals surface area contributed by atoms with E-state index in [9.17, 15) is 14.4 Å². The fraction of sp³-hybridized carbons (Fsp3) is 0.438. The normalized spacial score (nSPS) is 14.9. The number of benzene rings is 1. The summed E-state index contributed by atoms with van der Waals surface area (Å²) in [5.41, 5.74) is 1.30. The molecule has 0 radical (unpaired) electrons. The highest BCUT2D eigenvalue weighted by Gasteiger charge is 2.25. The molecule has 1 saturated heterocycles. The van der Waals surface area contributed by atoms with Crippen LogP contribution < -0.4 is 20.7 Å². The number of piperidine rings is 1. The summed E-state index contributed by atoms with van der Waals surface area (Å²) in [5.74, 6) is -2.04. The Kier molecular flexibility index (Phi) is 5.70. The Morgan fingerprint density at radius 1 is 1.17 bits per heavy atom. The van der Waals surface area contributed by atoms with Gasteiger partial charge >= 0.3 is 11.8 Å². The summed E-state index contributed by atoms with van der Waals surface area (Å²) in [7, 11) is 1.47. The van der Waals surface area contributed by atoms with Crippen LogP contribution in [0, 0.1) is 12.8 Å². The first-order valence-corrected chi connectivity index (χ1v) is 7.53. The molecule has 1 aliphatic heterocycles. The second-order valence-corrected chi connectivity index (χ2v) is 5.50. The number of ether oxygens (including phenoxy) is 1. The van der Waals surface area contributed by atoms with Crippen molar-refractivity contribution in [2.45, 2.75) is 19.8 Å². The molecule has 0 atom stereocenters. The minimum Gasteiger partial charge on any atom is -0.495 e. The van der Waals surface area contributed by atoms with Crippen molar-refractivity contribution in [1.29, 1.82) is 0 Å². The molecular weight excluding hydrogens is 298 g/mol. The lowest BCUT2D eigenvalue weighted by molar-refractivity contribution is -0.141. The van der Waals surface area contributed by atoms with Gasteiger partial charge in [0.1, 0.15) is 5.75 Å². The van der Waals surface area contributed by atoms with Crippen LogP contribution in [0.3, 0.4) is 0 Å². The van der Waals surface area contributed by atoms with Crippen LogP contribution in [-0.4, -0.2) is 37.9 Å². The molecule has 124 valence electrons. The maximum atomic E-state index is 12.0. The van der Waals surface area contributed by atoms with Crippen molar-refractivity contribution >= 4 is 23.4 Å². The second kappa shape index (κ2) is 7.73. The number of nitrogens with one attached hydrogen (secondary N) is 3. The van der Waals surface area contributed by atoms with Crippen LogP contribution in [0.4, 0.5) is 5.69 Å². The van der Waals surface area contributed by atoms with Gasteiger partial charge in [0.15, 0.2) is 0 Å². The zero-order valence-corrected chi connectivity index (χ0v) is 13.3. The predicted octanol–water partition coefficient (Wildman–Crippen LogP) is 0.585. The van der Waals surface area contributed by atoms with Gasteiger partial charge in [-0.1, -0.05) is 6.07 Å². The first-order chi connectivity index (χ1) is 11.0. The van der Waals surface area contributed by atoms with Crippen molar-refractivity contribution in [3.05, 3.63) is 23.8 Å². The number of imide groups is 1. The molecule has 1 heterocycles. The molecule has 0 spiro atoms. The molecule has 1 aliphatic rings. The lowest BCUT2D eigenvalue weighted by atomic mass is 9.97. The first kappa shape index (κ1) is 17.0. The van der Waals surface area contributed by atoms with Gasteiger partial charge in [0.05, 0.1) is 12.8 Å². The van der Waals surface area contributed by atoms with E-state index in [2.05, 4.69) is 16.0 Å². The number of carbonyl (C=O) groups is 3. The molecule has 2 rings (SSSR count). The smallest absolute Gasteiger partial charge is 0.316 e. The Hall–Kier alpha value is -2.41. The molecule has 7 nitrogen and oxygen atoms in total. The van der Waals surface area contributed by atoms with Gasteiger partial charge < -0.3 is 15.4 Å². The largest absolute Gasteiger partial charge is 0.495 e. The Balaban J connectivity index is 1.96. The standard InChI is InChI=1S/C16H21N3O4/c1-10-3-4-13(23-2)12(9-10)18-15(21)16(22)19-14(20)11-5-7-17-8-6-11/h3-4,9,11,17H,5-8H2,1-2H3,(H,18,21)(H,19,20,22).